The summed E-state index contributed by atoms with van der Waals surface area (Å²) in [6.45, 7) is 6.80. The minimum absolute atomic E-state index is 0.0432. The van der Waals surface area contributed by atoms with Crippen molar-refractivity contribution in [2.75, 3.05) is 6.61 Å². The van der Waals surface area contributed by atoms with Crippen molar-refractivity contribution in [3.05, 3.63) is 0 Å². The summed E-state index contributed by atoms with van der Waals surface area (Å²) in [4.78, 5) is 12.4. The zero-order valence-electron chi connectivity index (χ0n) is 10.8. The van der Waals surface area contributed by atoms with Crippen molar-refractivity contribution in [3.63, 3.8) is 0 Å². The number of ketones is 1. The third kappa shape index (κ3) is 1.62. The van der Waals surface area contributed by atoms with Crippen molar-refractivity contribution in [2.45, 2.75) is 52.9 Å². The molecule has 0 spiro atoms. The third-order valence-corrected chi connectivity index (χ3v) is 5.19. The Labute approximate surface area is 98.4 Å². The van der Waals surface area contributed by atoms with Gasteiger partial charge >= 0.3 is 0 Å². The van der Waals surface area contributed by atoms with Crippen LogP contribution in [0, 0.1) is 22.7 Å². The monoisotopic (exact) mass is 224 g/mol. The SMILES string of the molecule is CC1(C)CCC[C@]2(C)C(=O)[C@H](CO)CC[C@@H]12. The predicted octanol–water partition coefficient (Wildman–Crippen LogP) is 2.79. The highest BCUT2D eigenvalue weighted by Crippen LogP contribution is 2.56. The van der Waals surface area contributed by atoms with Gasteiger partial charge in [-0.05, 0) is 37.0 Å². The second kappa shape index (κ2) is 3.83. The summed E-state index contributed by atoms with van der Waals surface area (Å²) in [5, 5.41) is 9.28. The Morgan fingerprint density at radius 3 is 2.56 bits per heavy atom. The van der Waals surface area contributed by atoms with Gasteiger partial charge in [0.2, 0.25) is 0 Å². The van der Waals surface area contributed by atoms with E-state index in [1.807, 2.05) is 0 Å². The number of aliphatic hydroxyl groups is 1. The van der Waals surface area contributed by atoms with Gasteiger partial charge < -0.3 is 5.11 Å². The Kier molecular flexibility index (Phi) is 2.90. The molecular formula is C14H24O2. The van der Waals surface area contributed by atoms with Gasteiger partial charge in [-0.3, -0.25) is 4.79 Å². The number of carbonyl (C=O) groups excluding carboxylic acids is 1. The highest BCUT2D eigenvalue weighted by molar-refractivity contribution is 5.88. The maximum Gasteiger partial charge on any atom is 0.144 e. The summed E-state index contributed by atoms with van der Waals surface area (Å²) < 4.78 is 0. The Morgan fingerprint density at radius 1 is 1.25 bits per heavy atom. The first-order valence-corrected chi connectivity index (χ1v) is 6.57. The molecule has 0 aromatic carbocycles. The van der Waals surface area contributed by atoms with E-state index < -0.39 is 0 Å². The minimum atomic E-state index is -0.159. The maximum absolute atomic E-state index is 12.4. The number of rotatable bonds is 1. The average molecular weight is 224 g/mol. The summed E-state index contributed by atoms with van der Waals surface area (Å²) in [5.41, 5.74) is 0.135. The molecule has 0 bridgehead atoms. The molecule has 1 N–H and O–H groups in total. The van der Waals surface area contributed by atoms with E-state index in [0.29, 0.717) is 17.1 Å². The van der Waals surface area contributed by atoms with E-state index in [2.05, 4.69) is 20.8 Å². The van der Waals surface area contributed by atoms with E-state index in [-0.39, 0.29) is 17.9 Å². The van der Waals surface area contributed by atoms with Gasteiger partial charge in [-0.25, -0.2) is 0 Å². The zero-order chi connectivity index (χ0) is 12.0. The molecule has 2 saturated carbocycles. The fourth-order valence-electron chi connectivity index (χ4n) is 4.27. The van der Waals surface area contributed by atoms with Gasteiger partial charge in [0.25, 0.3) is 0 Å². The smallest absolute Gasteiger partial charge is 0.144 e. The largest absolute Gasteiger partial charge is 0.396 e. The van der Waals surface area contributed by atoms with Crippen molar-refractivity contribution in [3.8, 4) is 0 Å². The average Bonchev–Trinajstić information content (AvgIpc) is 2.20. The molecule has 2 nitrogen and oxygen atoms in total. The van der Waals surface area contributed by atoms with E-state index in [1.54, 1.807) is 0 Å². The molecular weight excluding hydrogens is 200 g/mol. The molecule has 2 rings (SSSR count). The summed E-state index contributed by atoms with van der Waals surface area (Å²) in [5.74, 6) is 0.762. The molecule has 3 atom stereocenters. The molecule has 0 amide bonds. The number of fused-ring (bicyclic) bond motifs is 1. The molecule has 2 fully saturated rings. The fourth-order valence-corrected chi connectivity index (χ4v) is 4.27. The second-order valence-electron chi connectivity index (χ2n) is 6.63. The lowest BCUT2D eigenvalue weighted by atomic mass is 9.50. The van der Waals surface area contributed by atoms with Crippen molar-refractivity contribution < 1.29 is 9.90 Å². The van der Waals surface area contributed by atoms with Gasteiger partial charge in [-0.15, -0.1) is 0 Å². The van der Waals surface area contributed by atoms with Crippen molar-refractivity contribution in [1.82, 2.24) is 0 Å². The molecule has 92 valence electrons. The summed E-state index contributed by atoms with van der Waals surface area (Å²) in [7, 11) is 0. The number of carbonyl (C=O) groups is 1. The number of hydrogen-bond donors (Lipinski definition) is 1. The lowest BCUT2D eigenvalue weighted by Gasteiger charge is -2.53. The second-order valence-corrected chi connectivity index (χ2v) is 6.63. The van der Waals surface area contributed by atoms with Crippen LogP contribution in [0.3, 0.4) is 0 Å². The van der Waals surface area contributed by atoms with Crippen LogP contribution in [-0.2, 0) is 4.79 Å². The van der Waals surface area contributed by atoms with E-state index in [0.717, 1.165) is 25.7 Å². The van der Waals surface area contributed by atoms with Gasteiger partial charge in [0.05, 0.1) is 6.61 Å². The molecule has 0 aromatic heterocycles. The molecule has 0 unspecified atom stereocenters. The quantitative estimate of drug-likeness (QED) is 0.743. The fraction of sp³-hybridized carbons (Fsp3) is 0.929. The van der Waals surface area contributed by atoms with Crippen LogP contribution in [0.25, 0.3) is 0 Å². The van der Waals surface area contributed by atoms with E-state index in [4.69, 9.17) is 0 Å². The number of aliphatic hydroxyl groups excluding tert-OH is 1. The summed E-state index contributed by atoms with van der Waals surface area (Å²) >= 11 is 0. The van der Waals surface area contributed by atoms with Crippen LogP contribution >= 0.6 is 0 Å². The molecule has 0 radical (unpaired) electrons. The molecule has 2 aliphatic rings. The van der Waals surface area contributed by atoms with E-state index in [9.17, 15) is 9.90 Å². The standard InChI is InChI=1S/C14H24O2/c1-13(2)7-4-8-14(3)11(13)6-5-10(9-15)12(14)16/h10-11,15H,4-9H2,1-3H3/t10-,11-,14-/m0/s1. The van der Waals surface area contributed by atoms with Gasteiger partial charge in [0, 0.05) is 11.3 Å². The summed E-state index contributed by atoms with van der Waals surface area (Å²) in [6.07, 6.45) is 5.42. The topological polar surface area (TPSA) is 37.3 Å². The highest BCUT2D eigenvalue weighted by atomic mass is 16.3. The molecule has 2 aliphatic carbocycles. The zero-order valence-corrected chi connectivity index (χ0v) is 10.8. The van der Waals surface area contributed by atoms with Crippen LogP contribution < -0.4 is 0 Å². The Balaban J connectivity index is 2.30. The van der Waals surface area contributed by atoms with Crippen LogP contribution in [0.5, 0.6) is 0 Å². The summed E-state index contributed by atoms with van der Waals surface area (Å²) in [6, 6.07) is 0. The van der Waals surface area contributed by atoms with Gasteiger partial charge in [0.15, 0.2) is 0 Å². The molecule has 0 saturated heterocycles. The van der Waals surface area contributed by atoms with Gasteiger partial charge in [0.1, 0.15) is 5.78 Å². The van der Waals surface area contributed by atoms with Gasteiger partial charge in [-0.1, -0.05) is 27.2 Å². The first-order valence-electron chi connectivity index (χ1n) is 6.57. The lowest BCUT2D eigenvalue weighted by Crippen LogP contribution is -2.52. The Hall–Kier alpha value is -0.370. The third-order valence-electron chi connectivity index (χ3n) is 5.19. The Morgan fingerprint density at radius 2 is 1.94 bits per heavy atom. The van der Waals surface area contributed by atoms with E-state index >= 15 is 0 Å². The molecule has 0 aromatic rings. The molecule has 0 heterocycles. The van der Waals surface area contributed by atoms with E-state index in [1.165, 1.54) is 6.42 Å². The van der Waals surface area contributed by atoms with Crippen molar-refractivity contribution in [1.29, 1.82) is 0 Å². The van der Waals surface area contributed by atoms with Crippen molar-refractivity contribution >= 4 is 5.78 Å². The molecule has 0 aliphatic heterocycles. The highest BCUT2D eigenvalue weighted by Gasteiger charge is 2.54. The Bertz CT molecular complexity index is 295. The van der Waals surface area contributed by atoms with Crippen LogP contribution in [-0.4, -0.2) is 17.5 Å². The first-order chi connectivity index (χ1) is 7.42. The molecule has 16 heavy (non-hydrogen) atoms. The first kappa shape index (κ1) is 12.1. The van der Waals surface area contributed by atoms with Crippen LogP contribution in [0.4, 0.5) is 0 Å². The number of hydrogen-bond acceptors (Lipinski definition) is 2. The molecule has 2 heteroatoms. The predicted molar refractivity (Wildman–Crippen MR) is 64.0 cm³/mol. The normalized spacial score (nSPS) is 42.9. The van der Waals surface area contributed by atoms with Crippen LogP contribution in [0.1, 0.15) is 52.9 Å². The van der Waals surface area contributed by atoms with Crippen LogP contribution in [0.2, 0.25) is 0 Å². The van der Waals surface area contributed by atoms with Gasteiger partial charge in [-0.2, -0.15) is 0 Å². The minimum Gasteiger partial charge on any atom is -0.396 e. The number of Topliss-reactive ketones (excluding diaryl/α,β-unsaturated/α-hetero) is 1. The van der Waals surface area contributed by atoms with Crippen molar-refractivity contribution in [2.24, 2.45) is 22.7 Å². The maximum atomic E-state index is 12.4. The van der Waals surface area contributed by atoms with Crippen LogP contribution in [0.15, 0.2) is 0 Å². The lowest BCUT2D eigenvalue weighted by molar-refractivity contribution is -0.150.